The Morgan fingerprint density at radius 1 is 1.44 bits per heavy atom. The number of aromatic nitrogens is 4. The van der Waals surface area contributed by atoms with Crippen LogP contribution in [-0.4, -0.2) is 19.6 Å². The number of nitrogens with two attached hydrogens (primary N) is 1. The van der Waals surface area contributed by atoms with E-state index in [1.54, 1.807) is 0 Å². The third kappa shape index (κ3) is 2.03. The molecule has 16 heavy (non-hydrogen) atoms. The van der Waals surface area contributed by atoms with Crippen molar-refractivity contribution in [3.05, 3.63) is 16.2 Å². The molecule has 3 N–H and O–H groups in total. The van der Waals surface area contributed by atoms with Crippen molar-refractivity contribution < 1.29 is 0 Å². The number of anilines is 1. The van der Waals surface area contributed by atoms with Crippen LogP contribution in [0.3, 0.4) is 0 Å². The van der Waals surface area contributed by atoms with Gasteiger partial charge in [0.25, 0.3) is 0 Å². The van der Waals surface area contributed by atoms with Gasteiger partial charge < -0.3 is 5.73 Å². The fraction of sp³-hybridized carbons (Fsp3) is 0.444. The molecular formula is C9H14ClN5S. The number of aromatic amines is 1. The van der Waals surface area contributed by atoms with E-state index >= 15 is 0 Å². The zero-order valence-corrected chi connectivity index (χ0v) is 10.8. The van der Waals surface area contributed by atoms with Crippen LogP contribution in [0.2, 0.25) is 0 Å². The minimum absolute atomic E-state index is 0. The summed E-state index contributed by atoms with van der Waals surface area (Å²) in [4.78, 5) is 8.46. The van der Waals surface area contributed by atoms with Gasteiger partial charge in [0.1, 0.15) is 11.3 Å². The Balaban J connectivity index is 0.00000128. The predicted octanol–water partition coefficient (Wildman–Crippen LogP) is 2.05. The first-order valence-electron chi connectivity index (χ1n) is 4.87. The number of rotatable bonds is 2. The molecule has 5 nitrogen and oxygen atoms in total. The summed E-state index contributed by atoms with van der Waals surface area (Å²) in [6.07, 6.45) is 1.92. The van der Waals surface area contributed by atoms with Gasteiger partial charge in [-0.1, -0.05) is 19.1 Å². The van der Waals surface area contributed by atoms with Crippen LogP contribution in [0, 0.1) is 11.6 Å². The summed E-state index contributed by atoms with van der Waals surface area (Å²) in [5, 5.41) is 2.96. The second kappa shape index (κ2) is 4.80. The van der Waals surface area contributed by atoms with Gasteiger partial charge in [-0.2, -0.15) is 0 Å². The van der Waals surface area contributed by atoms with Crippen molar-refractivity contribution in [1.82, 2.24) is 19.6 Å². The van der Waals surface area contributed by atoms with E-state index in [-0.39, 0.29) is 12.4 Å². The van der Waals surface area contributed by atoms with Crippen LogP contribution in [0.4, 0.5) is 5.95 Å². The van der Waals surface area contributed by atoms with Crippen molar-refractivity contribution in [3.8, 4) is 0 Å². The quantitative estimate of drug-likeness (QED) is 0.810. The van der Waals surface area contributed by atoms with E-state index in [4.69, 9.17) is 18.0 Å². The molecule has 0 aliphatic carbocycles. The maximum atomic E-state index is 5.62. The summed E-state index contributed by atoms with van der Waals surface area (Å²) < 4.78 is 2.34. The summed E-state index contributed by atoms with van der Waals surface area (Å²) in [7, 11) is 0. The molecule has 0 saturated heterocycles. The molecule has 7 heteroatoms. The maximum absolute atomic E-state index is 5.62. The van der Waals surface area contributed by atoms with Crippen LogP contribution < -0.4 is 5.73 Å². The molecule has 88 valence electrons. The summed E-state index contributed by atoms with van der Waals surface area (Å²) >= 11 is 5.15. The van der Waals surface area contributed by atoms with Crippen LogP contribution >= 0.6 is 24.6 Å². The molecule has 0 aromatic carbocycles. The third-order valence-corrected chi connectivity index (χ3v) is 2.53. The number of nitrogens with one attached hydrogen (secondary N) is 1. The minimum Gasteiger partial charge on any atom is -0.368 e. The van der Waals surface area contributed by atoms with Crippen molar-refractivity contribution >= 4 is 36.1 Å². The Kier molecular flexibility index (Phi) is 3.88. The molecular weight excluding hydrogens is 246 g/mol. The molecule has 2 aromatic heterocycles. The van der Waals surface area contributed by atoms with E-state index in [1.807, 2.05) is 11.4 Å². The Labute approximate surface area is 104 Å². The number of hydrogen-bond acceptors (Lipinski definition) is 4. The number of H-pyrrole nitrogens is 1. The van der Waals surface area contributed by atoms with Gasteiger partial charge in [-0.25, -0.2) is 14.5 Å². The first kappa shape index (κ1) is 12.9. The van der Waals surface area contributed by atoms with Crippen molar-refractivity contribution in [2.75, 3.05) is 5.73 Å². The highest BCUT2D eigenvalue weighted by molar-refractivity contribution is 7.71. The normalized spacial score (nSPS) is 10.4. The summed E-state index contributed by atoms with van der Waals surface area (Å²) in [6.45, 7) is 4.03. The number of aryl methyl sites for hydroxylation is 2. The van der Waals surface area contributed by atoms with Crippen LogP contribution in [0.25, 0.3) is 5.52 Å². The highest BCUT2D eigenvalue weighted by Crippen LogP contribution is 2.13. The average molecular weight is 260 g/mol. The molecule has 0 fully saturated rings. The fourth-order valence-corrected chi connectivity index (χ4v) is 1.99. The van der Waals surface area contributed by atoms with Crippen molar-refractivity contribution in [1.29, 1.82) is 0 Å². The van der Waals surface area contributed by atoms with Gasteiger partial charge in [0.15, 0.2) is 4.64 Å². The second-order valence-electron chi connectivity index (χ2n) is 3.46. The van der Waals surface area contributed by atoms with E-state index in [9.17, 15) is 0 Å². The number of halogens is 1. The van der Waals surface area contributed by atoms with Crippen molar-refractivity contribution in [2.24, 2.45) is 0 Å². The molecule has 0 aliphatic heterocycles. The lowest BCUT2D eigenvalue weighted by atomic mass is 10.3. The molecule has 0 atom stereocenters. The Morgan fingerprint density at radius 3 is 2.75 bits per heavy atom. The van der Waals surface area contributed by atoms with E-state index in [0.717, 1.165) is 29.9 Å². The molecule has 2 heterocycles. The van der Waals surface area contributed by atoms with Gasteiger partial charge in [-0.15, -0.1) is 12.4 Å². The zero-order valence-electron chi connectivity index (χ0n) is 9.15. The first-order chi connectivity index (χ1) is 7.13. The fourth-order valence-electron chi connectivity index (χ4n) is 1.65. The Morgan fingerprint density at radius 2 is 2.12 bits per heavy atom. The highest BCUT2D eigenvalue weighted by atomic mass is 35.5. The Hall–Kier alpha value is -1.14. The van der Waals surface area contributed by atoms with Crippen molar-refractivity contribution in [2.45, 2.75) is 26.7 Å². The molecule has 0 aliphatic rings. The summed E-state index contributed by atoms with van der Waals surface area (Å²) in [6, 6.07) is 0. The molecule has 0 spiro atoms. The number of nitrogens with zero attached hydrogens (tertiary/aromatic N) is 3. The number of hydrogen-bond donors (Lipinski definition) is 2. The lowest BCUT2D eigenvalue weighted by Crippen LogP contribution is -2.04. The van der Waals surface area contributed by atoms with Crippen LogP contribution in [0.5, 0.6) is 0 Å². The van der Waals surface area contributed by atoms with E-state index in [0.29, 0.717) is 10.6 Å². The Bertz CT molecular complexity index is 559. The molecule has 0 saturated carbocycles. The topological polar surface area (TPSA) is 72.0 Å². The average Bonchev–Trinajstić information content (AvgIpc) is 2.43. The number of nitrogen functional groups attached to an aromatic ring is 1. The molecule has 0 bridgehead atoms. The first-order valence-corrected chi connectivity index (χ1v) is 5.28. The van der Waals surface area contributed by atoms with Crippen LogP contribution in [0.1, 0.15) is 24.9 Å². The summed E-state index contributed by atoms with van der Waals surface area (Å²) in [5.41, 5.74) is 7.36. The third-order valence-electron chi connectivity index (χ3n) is 2.25. The van der Waals surface area contributed by atoms with Crippen LogP contribution in [-0.2, 0) is 6.42 Å². The SMILES string of the molecule is CCCc1nc(C)c2c(=S)nc(N)[nH]n12.Cl. The van der Waals surface area contributed by atoms with Gasteiger partial charge in [-0.3, -0.25) is 5.10 Å². The lowest BCUT2D eigenvalue weighted by molar-refractivity contribution is 0.769. The smallest absolute Gasteiger partial charge is 0.214 e. The van der Waals surface area contributed by atoms with E-state index in [2.05, 4.69) is 22.0 Å². The minimum atomic E-state index is 0. The second-order valence-corrected chi connectivity index (χ2v) is 3.85. The maximum Gasteiger partial charge on any atom is 0.214 e. The summed E-state index contributed by atoms with van der Waals surface area (Å²) in [5.74, 6) is 1.27. The molecule has 2 aromatic rings. The predicted molar refractivity (Wildman–Crippen MR) is 68.6 cm³/mol. The van der Waals surface area contributed by atoms with Gasteiger partial charge in [0, 0.05) is 6.42 Å². The van der Waals surface area contributed by atoms with Gasteiger partial charge >= 0.3 is 0 Å². The van der Waals surface area contributed by atoms with Gasteiger partial charge in [0.05, 0.1) is 5.69 Å². The van der Waals surface area contributed by atoms with Crippen molar-refractivity contribution in [3.63, 3.8) is 0 Å². The lowest BCUT2D eigenvalue weighted by Gasteiger charge is -2.01. The van der Waals surface area contributed by atoms with Gasteiger partial charge in [0.2, 0.25) is 5.95 Å². The van der Waals surface area contributed by atoms with Crippen LogP contribution in [0.15, 0.2) is 0 Å². The molecule has 0 unspecified atom stereocenters. The monoisotopic (exact) mass is 259 g/mol. The molecule has 0 amide bonds. The van der Waals surface area contributed by atoms with E-state index in [1.165, 1.54) is 0 Å². The highest BCUT2D eigenvalue weighted by Gasteiger charge is 2.09. The van der Waals surface area contributed by atoms with E-state index < -0.39 is 0 Å². The zero-order chi connectivity index (χ0) is 11.0. The van der Waals surface area contributed by atoms with Gasteiger partial charge in [-0.05, 0) is 13.3 Å². The number of imidazole rings is 1. The molecule has 2 rings (SSSR count). The standard InChI is InChI=1S/C9H13N5S.ClH/c1-3-4-6-11-5(2)7-8(15)12-9(10)13-14(6)7;/h3-4H2,1-2H3,(H3,10,12,13,15);1H. The number of fused-ring (bicyclic) bond motifs is 1. The molecule has 0 radical (unpaired) electrons. The largest absolute Gasteiger partial charge is 0.368 e.